The fourth-order valence-electron chi connectivity index (χ4n) is 4.25. The lowest BCUT2D eigenvalue weighted by molar-refractivity contribution is -0.156. The van der Waals surface area contributed by atoms with Crippen LogP contribution < -0.4 is 5.32 Å². The summed E-state index contributed by atoms with van der Waals surface area (Å²) < 4.78 is 5.28. The molecule has 140 valence electrons. The lowest BCUT2D eigenvalue weighted by atomic mass is 9.78. The summed E-state index contributed by atoms with van der Waals surface area (Å²) in [6.07, 6.45) is 0.355. The highest BCUT2D eigenvalue weighted by Crippen LogP contribution is 2.50. The third-order valence-electron chi connectivity index (χ3n) is 5.49. The van der Waals surface area contributed by atoms with E-state index in [1.54, 1.807) is 26.0 Å². The number of amides is 2. The normalized spacial score (nSPS) is 30.6. The summed E-state index contributed by atoms with van der Waals surface area (Å²) in [6, 6.07) is 6.67. The van der Waals surface area contributed by atoms with E-state index in [0.717, 1.165) is 5.56 Å². The second-order valence-corrected chi connectivity index (χ2v) is 7.08. The maximum absolute atomic E-state index is 13.0. The standard InChI is InChI=1S/C19H23ClN2O4/c1-4-19(18(25)26-6-3)14-13(16(23)22(5-2)17(14)24)15(21-19)11-7-9-12(20)10-8-11/h7-10,13-15,21H,4-6H2,1-3H3/t13-,14-,15+,19+/m0/s1. The summed E-state index contributed by atoms with van der Waals surface area (Å²) in [5, 5.41) is 3.88. The van der Waals surface area contributed by atoms with E-state index in [9.17, 15) is 14.4 Å². The Labute approximate surface area is 157 Å². The van der Waals surface area contributed by atoms with Crippen molar-refractivity contribution >= 4 is 29.4 Å². The molecule has 6 nitrogen and oxygen atoms in total. The second kappa shape index (κ2) is 7.00. The van der Waals surface area contributed by atoms with Crippen molar-refractivity contribution in [3.05, 3.63) is 34.9 Å². The number of halogens is 1. The molecule has 26 heavy (non-hydrogen) atoms. The van der Waals surface area contributed by atoms with Crippen molar-refractivity contribution in [2.45, 2.75) is 38.8 Å². The van der Waals surface area contributed by atoms with Crippen molar-refractivity contribution < 1.29 is 19.1 Å². The van der Waals surface area contributed by atoms with Crippen LogP contribution in [0.3, 0.4) is 0 Å². The molecular formula is C19H23ClN2O4. The number of rotatable bonds is 5. The molecule has 0 aliphatic carbocycles. The lowest BCUT2D eigenvalue weighted by Crippen LogP contribution is -2.56. The molecular weight excluding hydrogens is 356 g/mol. The number of ether oxygens (including phenoxy) is 1. The van der Waals surface area contributed by atoms with Gasteiger partial charge in [-0.25, -0.2) is 0 Å². The van der Waals surface area contributed by atoms with Gasteiger partial charge in [-0.2, -0.15) is 0 Å². The predicted octanol–water partition coefficient (Wildman–Crippen LogP) is 2.32. The molecule has 2 heterocycles. The Morgan fingerprint density at radius 3 is 2.38 bits per heavy atom. The molecule has 2 fully saturated rings. The van der Waals surface area contributed by atoms with Crippen LogP contribution in [0.2, 0.25) is 5.02 Å². The first-order chi connectivity index (χ1) is 12.4. The molecule has 1 N–H and O–H groups in total. The monoisotopic (exact) mass is 378 g/mol. The summed E-state index contributed by atoms with van der Waals surface area (Å²) >= 11 is 5.98. The first-order valence-electron chi connectivity index (χ1n) is 8.96. The van der Waals surface area contributed by atoms with Gasteiger partial charge >= 0.3 is 5.97 Å². The smallest absolute Gasteiger partial charge is 0.327 e. The molecule has 4 atom stereocenters. The number of benzene rings is 1. The molecule has 0 saturated carbocycles. The van der Waals surface area contributed by atoms with Crippen molar-refractivity contribution in [2.75, 3.05) is 13.2 Å². The number of fused-ring (bicyclic) bond motifs is 1. The Kier molecular flexibility index (Phi) is 5.08. The van der Waals surface area contributed by atoms with Gasteiger partial charge in [0.2, 0.25) is 11.8 Å². The highest BCUT2D eigenvalue weighted by Gasteiger charge is 2.67. The van der Waals surface area contributed by atoms with E-state index in [2.05, 4.69) is 5.32 Å². The van der Waals surface area contributed by atoms with Crippen molar-refractivity contribution in [1.82, 2.24) is 10.2 Å². The summed E-state index contributed by atoms with van der Waals surface area (Å²) in [5.74, 6) is -2.42. The van der Waals surface area contributed by atoms with E-state index < -0.39 is 29.4 Å². The number of nitrogens with one attached hydrogen (secondary N) is 1. The van der Waals surface area contributed by atoms with Gasteiger partial charge in [0, 0.05) is 17.6 Å². The van der Waals surface area contributed by atoms with E-state index in [1.165, 1.54) is 4.90 Å². The molecule has 0 radical (unpaired) electrons. The van der Waals surface area contributed by atoms with Gasteiger partial charge in [0.1, 0.15) is 5.54 Å². The Bertz CT molecular complexity index is 736. The van der Waals surface area contributed by atoms with Crippen LogP contribution >= 0.6 is 11.6 Å². The van der Waals surface area contributed by atoms with Gasteiger partial charge in [-0.3, -0.25) is 24.6 Å². The van der Waals surface area contributed by atoms with Crippen LogP contribution in [-0.2, 0) is 19.1 Å². The summed E-state index contributed by atoms with van der Waals surface area (Å²) in [5.41, 5.74) is -0.384. The molecule has 2 saturated heterocycles. The van der Waals surface area contributed by atoms with Crippen LogP contribution in [0.5, 0.6) is 0 Å². The molecule has 0 aromatic heterocycles. The summed E-state index contributed by atoms with van der Waals surface area (Å²) in [7, 11) is 0. The van der Waals surface area contributed by atoms with Crippen LogP contribution in [-0.4, -0.2) is 41.4 Å². The Morgan fingerprint density at radius 1 is 1.19 bits per heavy atom. The average molecular weight is 379 g/mol. The van der Waals surface area contributed by atoms with Crippen LogP contribution in [0, 0.1) is 11.8 Å². The van der Waals surface area contributed by atoms with Crippen molar-refractivity contribution in [1.29, 1.82) is 0 Å². The molecule has 2 aliphatic rings. The maximum atomic E-state index is 13.0. The van der Waals surface area contributed by atoms with Gasteiger partial charge < -0.3 is 4.74 Å². The average Bonchev–Trinajstić information content (AvgIpc) is 3.11. The van der Waals surface area contributed by atoms with E-state index in [4.69, 9.17) is 16.3 Å². The first kappa shape index (κ1) is 18.9. The van der Waals surface area contributed by atoms with Crippen LogP contribution in [0.15, 0.2) is 24.3 Å². The molecule has 0 bridgehead atoms. The summed E-state index contributed by atoms with van der Waals surface area (Å²) in [4.78, 5) is 40.0. The Morgan fingerprint density at radius 2 is 1.85 bits per heavy atom. The SMILES string of the molecule is CCOC(=O)[C@]1(CC)N[C@H](c2ccc(Cl)cc2)[C@H]2C(=O)N(CC)C(=O)[C@H]21. The molecule has 1 aromatic carbocycles. The highest BCUT2D eigenvalue weighted by atomic mass is 35.5. The third kappa shape index (κ3) is 2.63. The minimum atomic E-state index is -1.21. The fourth-order valence-corrected chi connectivity index (χ4v) is 4.37. The van der Waals surface area contributed by atoms with Crippen molar-refractivity contribution in [2.24, 2.45) is 11.8 Å². The zero-order chi connectivity index (χ0) is 19.1. The van der Waals surface area contributed by atoms with E-state index >= 15 is 0 Å². The maximum Gasteiger partial charge on any atom is 0.327 e. The Balaban J connectivity index is 2.11. The topological polar surface area (TPSA) is 75.7 Å². The first-order valence-corrected chi connectivity index (χ1v) is 9.34. The van der Waals surface area contributed by atoms with E-state index in [-0.39, 0.29) is 18.4 Å². The van der Waals surface area contributed by atoms with Gasteiger partial charge in [0.05, 0.1) is 18.4 Å². The zero-order valence-corrected chi connectivity index (χ0v) is 15.9. The predicted molar refractivity (Wildman–Crippen MR) is 96.4 cm³/mol. The molecule has 7 heteroatoms. The number of carbonyl (C=O) groups excluding carboxylic acids is 3. The van der Waals surface area contributed by atoms with E-state index in [0.29, 0.717) is 18.0 Å². The van der Waals surface area contributed by atoms with Crippen molar-refractivity contribution in [3.8, 4) is 0 Å². The van der Waals surface area contributed by atoms with Crippen molar-refractivity contribution in [3.63, 3.8) is 0 Å². The quantitative estimate of drug-likeness (QED) is 0.628. The fraction of sp³-hybridized carbons (Fsp3) is 0.526. The number of hydrogen-bond donors (Lipinski definition) is 1. The minimum absolute atomic E-state index is 0.213. The number of likely N-dealkylation sites (tertiary alicyclic amines) is 1. The van der Waals surface area contributed by atoms with Crippen LogP contribution in [0.4, 0.5) is 0 Å². The lowest BCUT2D eigenvalue weighted by Gasteiger charge is -2.31. The molecule has 0 unspecified atom stereocenters. The van der Waals surface area contributed by atoms with Gasteiger partial charge in [0.25, 0.3) is 0 Å². The number of nitrogens with zero attached hydrogens (tertiary/aromatic N) is 1. The van der Waals surface area contributed by atoms with Gasteiger partial charge in [-0.15, -0.1) is 0 Å². The molecule has 1 aromatic rings. The number of imide groups is 1. The zero-order valence-electron chi connectivity index (χ0n) is 15.1. The largest absolute Gasteiger partial charge is 0.465 e. The van der Waals surface area contributed by atoms with Gasteiger partial charge in [-0.05, 0) is 38.0 Å². The second-order valence-electron chi connectivity index (χ2n) is 6.64. The van der Waals surface area contributed by atoms with E-state index in [1.807, 2.05) is 19.1 Å². The van der Waals surface area contributed by atoms with Crippen LogP contribution in [0.25, 0.3) is 0 Å². The van der Waals surface area contributed by atoms with Gasteiger partial charge in [-0.1, -0.05) is 30.7 Å². The number of esters is 1. The van der Waals surface area contributed by atoms with Crippen LogP contribution in [0.1, 0.15) is 38.8 Å². The highest BCUT2D eigenvalue weighted by molar-refractivity contribution is 6.30. The molecule has 2 aliphatic heterocycles. The molecule has 2 amide bonds. The Hall–Kier alpha value is -1.92. The molecule has 3 rings (SSSR count). The summed E-state index contributed by atoms with van der Waals surface area (Å²) in [6.45, 7) is 5.83. The third-order valence-corrected chi connectivity index (χ3v) is 5.74. The minimum Gasteiger partial charge on any atom is -0.465 e. The number of carbonyl (C=O) groups is 3. The van der Waals surface area contributed by atoms with Gasteiger partial charge in [0.15, 0.2) is 0 Å². The molecule has 0 spiro atoms. The number of hydrogen-bond acceptors (Lipinski definition) is 5.